The van der Waals surface area contributed by atoms with E-state index >= 15 is 0 Å². The maximum atomic E-state index is 12.3. The summed E-state index contributed by atoms with van der Waals surface area (Å²) in [6, 6.07) is 20.2. The van der Waals surface area contributed by atoms with E-state index in [4.69, 9.17) is 0 Å². The van der Waals surface area contributed by atoms with Crippen LogP contribution in [0.15, 0.2) is 67.0 Å². The number of hydrogen-bond donors (Lipinski definition) is 2. The fourth-order valence-electron chi connectivity index (χ4n) is 2.49. The van der Waals surface area contributed by atoms with Crippen LogP contribution in [0.3, 0.4) is 0 Å². The first-order valence-corrected chi connectivity index (χ1v) is 7.75. The Morgan fingerprint density at radius 3 is 2.04 bits per heavy atom. The zero-order valence-electron chi connectivity index (χ0n) is 13.2. The lowest BCUT2D eigenvalue weighted by atomic mass is 10.1. The van der Waals surface area contributed by atoms with Gasteiger partial charge in [0.1, 0.15) is 6.33 Å². The number of carbonyl (C=O) groups excluding carboxylic acids is 1. The molecule has 0 atom stereocenters. The topological polar surface area (TPSA) is 73.9 Å². The molecule has 6 heteroatoms. The van der Waals surface area contributed by atoms with Gasteiger partial charge in [-0.1, -0.05) is 60.7 Å². The van der Waals surface area contributed by atoms with Crippen LogP contribution in [0, 0.1) is 0 Å². The van der Waals surface area contributed by atoms with E-state index in [-0.39, 0.29) is 12.5 Å². The number of benzene rings is 2. The van der Waals surface area contributed by atoms with Crippen molar-refractivity contribution >= 4 is 11.9 Å². The lowest BCUT2D eigenvalue weighted by Crippen LogP contribution is -2.32. The van der Waals surface area contributed by atoms with E-state index in [2.05, 4.69) is 49.7 Å². The van der Waals surface area contributed by atoms with Gasteiger partial charge >= 0.3 is 0 Å². The summed E-state index contributed by atoms with van der Waals surface area (Å²) in [6.45, 7) is 1.66. The van der Waals surface area contributed by atoms with Crippen molar-refractivity contribution in [3.05, 3.63) is 78.1 Å². The first-order chi connectivity index (χ1) is 11.8. The van der Waals surface area contributed by atoms with E-state index in [1.54, 1.807) is 0 Å². The van der Waals surface area contributed by atoms with Crippen LogP contribution in [-0.2, 0) is 17.9 Å². The number of carbonyl (C=O) groups is 1. The molecule has 1 heterocycles. The molecule has 3 rings (SSSR count). The maximum Gasteiger partial charge on any atom is 0.240 e. The number of nitrogens with one attached hydrogen (secondary N) is 2. The van der Waals surface area contributed by atoms with Crippen molar-refractivity contribution in [3.8, 4) is 0 Å². The van der Waals surface area contributed by atoms with Crippen LogP contribution in [0.1, 0.15) is 11.1 Å². The highest BCUT2D eigenvalue weighted by Crippen LogP contribution is 2.10. The molecule has 0 saturated heterocycles. The fourth-order valence-corrected chi connectivity index (χ4v) is 2.49. The summed E-state index contributed by atoms with van der Waals surface area (Å²) in [7, 11) is 0. The van der Waals surface area contributed by atoms with Crippen molar-refractivity contribution in [2.75, 3.05) is 11.9 Å². The Bertz CT molecular complexity index is 702. The summed E-state index contributed by atoms with van der Waals surface area (Å²) in [5, 5.41) is 9.07. The lowest BCUT2D eigenvalue weighted by molar-refractivity contribution is -0.117. The van der Waals surface area contributed by atoms with Gasteiger partial charge in [-0.2, -0.15) is 10.1 Å². The molecule has 3 aromatic rings. The molecule has 0 saturated carbocycles. The van der Waals surface area contributed by atoms with Crippen LogP contribution in [-0.4, -0.2) is 32.5 Å². The van der Waals surface area contributed by atoms with E-state index < -0.39 is 0 Å². The van der Waals surface area contributed by atoms with Crippen molar-refractivity contribution in [1.82, 2.24) is 20.1 Å². The van der Waals surface area contributed by atoms with Gasteiger partial charge in [-0.25, -0.2) is 5.10 Å². The highest BCUT2D eigenvalue weighted by atomic mass is 16.2. The number of rotatable bonds is 7. The Morgan fingerprint density at radius 1 is 0.958 bits per heavy atom. The molecule has 1 amide bonds. The normalized spacial score (nSPS) is 10.7. The van der Waals surface area contributed by atoms with Gasteiger partial charge in [-0.05, 0) is 11.1 Å². The van der Waals surface area contributed by atoms with Gasteiger partial charge in [0.15, 0.2) is 0 Å². The molecular weight excluding hydrogens is 302 g/mol. The molecule has 6 nitrogen and oxygen atoms in total. The number of aromatic nitrogens is 3. The molecule has 0 fully saturated rings. The van der Waals surface area contributed by atoms with Crippen LogP contribution in [0.4, 0.5) is 5.95 Å². The van der Waals surface area contributed by atoms with Gasteiger partial charge in [0, 0.05) is 13.1 Å². The van der Waals surface area contributed by atoms with Crippen LogP contribution >= 0.6 is 0 Å². The first kappa shape index (κ1) is 15.9. The monoisotopic (exact) mass is 321 g/mol. The Kier molecular flexibility index (Phi) is 5.32. The molecule has 0 aliphatic carbocycles. The van der Waals surface area contributed by atoms with Crippen molar-refractivity contribution in [3.63, 3.8) is 0 Å². The molecular formula is C18H19N5O. The zero-order chi connectivity index (χ0) is 16.6. The zero-order valence-corrected chi connectivity index (χ0v) is 13.2. The Hall–Kier alpha value is -2.99. The Morgan fingerprint density at radius 2 is 1.54 bits per heavy atom. The van der Waals surface area contributed by atoms with E-state index in [1.807, 2.05) is 36.4 Å². The molecule has 122 valence electrons. The Labute approximate surface area is 140 Å². The van der Waals surface area contributed by atoms with Gasteiger partial charge in [0.25, 0.3) is 0 Å². The van der Waals surface area contributed by atoms with Crippen molar-refractivity contribution in [2.45, 2.75) is 13.1 Å². The SMILES string of the molecule is O=C(CN(Cc1ccccc1)Cc1ccccc1)Nc1ncn[nH]1. The van der Waals surface area contributed by atoms with E-state index in [0.29, 0.717) is 19.0 Å². The summed E-state index contributed by atoms with van der Waals surface area (Å²) in [4.78, 5) is 18.3. The highest BCUT2D eigenvalue weighted by Gasteiger charge is 2.13. The summed E-state index contributed by atoms with van der Waals surface area (Å²) in [5.74, 6) is 0.234. The standard InChI is InChI=1S/C18H19N5O/c24-17(21-18-19-14-20-22-18)13-23(11-15-7-3-1-4-8-15)12-16-9-5-2-6-10-16/h1-10,14H,11-13H2,(H2,19,20,21,22,24). The second-order valence-electron chi connectivity index (χ2n) is 5.50. The molecule has 1 aromatic heterocycles. The van der Waals surface area contributed by atoms with Crippen molar-refractivity contribution < 1.29 is 4.79 Å². The highest BCUT2D eigenvalue weighted by molar-refractivity contribution is 5.90. The summed E-state index contributed by atoms with van der Waals surface area (Å²) in [5.41, 5.74) is 2.33. The van der Waals surface area contributed by atoms with Crippen LogP contribution in [0.2, 0.25) is 0 Å². The number of H-pyrrole nitrogens is 1. The van der Waals surface area contributed by atoms with Crippen LogP contribution in [0.5, 0.6) is 0 Å². The average molecular weight is 321 g/mol. The summed E-state index contributed by atoms with van der Waals surface area (Å²) < 4.78 is 0. The maximum absolute atomic E-state index is 12.3. The van der Waals surface area contributed by atoms with E-state index in [1.165, 1.54) is 17.5 Å². The molecule has 2 N–H and O–H groups in total. The fraction of sp³-hybridized carbons (Fsp3) is 0.167. The van der Waals surface area contributed by atoms with Gasteiger partial charge in [-0.15, -0.1) is 0 Å². The van der Waals surface area contributed by atoms with Gasteiger partial charge in [0.05, 0.1) is 6.54 Å². The largest absolute Gasteiger partial charge is 0.294 e. The predicted octanol–water partition coefficient (Wildman–Crippen LogP) is 2.45. The number of nitrogens with zero attached hydrogens (tertiary/aromatic N) is 3. The average Bonchev–Trinajstić information content (AvgIpc) is 3.09. The number of hydrogen-bond acceptors (Lipinski definition) is 4. The Balaban J connectivity index is 1.67. The molecule has 0 bridgehead atoms. The second kappa shape index (κ2) is 8.03. The quantitative estimate of drug-likeness (QED) is 0.701. The van der Waals surface area contributed by atoms with Crippen LogP contribution in [0.25, 0.3) is 0 Å². The minimum atomic E-state index is -0.126. The minimum absolute atomic E-state index is 0.126. The molecule has 0 unspecified atom stereocenters. The van der Waals surface area contributed by atoms with Crippen LogP contribution < -0.4 is 5.32 Å². The third-order valence-electron chi connectivity index (χ3n) is 3.54. The van der Waals surface area contributed by atoms with Gasteiger partial charge in [-0.3, -0.25) is 15.0 Å². The van der Waals surface area contributed by atoms with Crippen molar-refractivity contribution in [2.24, 2.45) is 0 Å². The molecule has 0 aliphatic heterocycles. The van der Waals surface area contributed by atoms with Gasteiger partial charge in [0.2, 0.25) is 11.9 Å². The van der Waals surface area contributed by atoms with Crippen molar-refractivity contribution in [1.29, 1.82) is 0 Å². The molecule has 2 aromatic carbocycles. The third-order valence-corrected chi connectivity index (χ3v) is 3.54. The molecule has 24 heavy (non-hydrogen) atoms. The van der Waals surface area contributed by atoms with Gasteiger partial charge < -0.3 is 0 Å². The number of anilines is 1. The van der Waals surface area contributed by atoms with E-state index in [9.17, 15) is 4.79 Å². The first-order valence-electron chi connectivity index (χ1n) is 7.75. The molecule has 0 aliphatic rings. The van der Waals surface area contributed by atoms with E-state index in [0.717, 1.165) is 0 Å². The number of amides is 1. The summed E-state index contributed by atoms with van der Waals surface area (Å²) >= 11 is 0. The summed E-state index contributed by atoms with van der Waals surface area (Å²) in [6.07, 6.45) is 1.36. The minimum Gasteiger partial charge on any atom is -0.294 e. The second-order valence-corrected chi connectivity index (χ2v) is 5.50. The number of aromatic amines is 1. The third kappa shape index (κ3) is 4.76. The predicted molar refractivity (Wildman–Crippen MR) is 92.0 cm³/mol. The molecule has 0 radical (unpaired) electrons. The lowest BCUT2D eigenvalue weighted by Gasteiger charge is -2.21. The molecule has 0 spiro atoms. The smallest absolute Gasteiger partial charge is 0.240 e.